The van der Waals surface area contributed by atoms with Crippen LogP contribution in [0.15, 0.2) is 48.5 Å². The molecule has 0 aliphatic carbocycles. The molecule has 244 valence electrons. The summed E-state index contributed by atoms with van der Waals surface area (Å²) >= 11 is 0. The van der Waals surface area contributed by atoms with Crippen molar-refractivity contribution in [3.05, 3.63) is 59.7 Å². The van der Waals surface area contributed by atoms with Crippen LogP contribution in [0.2, 0.25) is 0 Å². The lowest BCUT2D eigenvalue weighted by molar-refractivity contribution is 0.400. The van der Waals surface area contributed by atoms with E-state index in [1.54, 1.807) is 0 Å². The minimum absolute atomic E-state index is 0.792. The Balaban J connectivity index is 1.72. The summed E-state index contributed by atoms with van der Waals surface area (Å²) in [6, 6.07) is 16.3. The van der Waals surface area contributed by atoms with Crippen molar-refractivity contribution in [1.82, 2.24) is 0 Å². The van der Waals surface area contributed by atoms with Gasteiger partial charge in [-0.25, -0.2) is 0 Å². The maximum absolute atomic E-state index is 11.7. The van der Waals surface area contributed by atoms with Gasteiger partial charge in [-0.15, -0.1) is 0 Å². The van der Waals surface area contributed by atoms with Crippen molar-refractivity contribution in [2.24, 2.45) is 0 Å². The molecule has 2 aromatic carbocycles. The van der Waals surface area contributed by atoms with E-state index in [1.807, 2.05) is 24.3 Å². The topological polar surface area (TPSA) is 40.5 Å². The van der Waals surface area contributed by atoms with Crippen molar-refractivity contribution in [2.75, 3.05) is 0 Å². The lowest BCUT2D eigenvalue weighted by Crippen LogP contribution is -2.61. The van der Waals surface area contributed by atoms with E-state index >= 15 is 0 Å². The average Bonchev–Trinajstić information content (AvgIpc) is 3.02. The van der Waals surface area contributed by atoms with E-state index in [0.29, 0.717) is 0 Å². The first-order valence-corrected chi connectivity index (χ1v) is 20.6. The average molecular weight is 609 g/mol. The molecule has 0 bridgehead atoms. The van der Waals surface area contributed by atoms with E-state index in [4.69, 9.17) is 0 Å². The third kappa shape index (κ3) is 16.5. The Hall–Kier alpha value is -1.42. The predicted octanol–water partition coefficient (Wildman–Crippen LogP) is 10.7. The monoisotopic (exact) mass is 608 g/mol. The minimum atomic E-state index is -3.75. The second-order valence-electron chi connectivity index (χ2n) is 13.3. The zero-order valence-electron chi connectivity index (χ0n) is 28.4. The summed E-state index contributed by atoms with van der Waals surface area (Å²) in [4.78, 5) is 23.4. The molecular weight excluding hydrogens is 541 g/mol. The van der Waals surface area contributed by atoms with Crippen molar-refractivity contribution in [3.8, 4) is 0 Å². The summed E-state index contributed by atoms with van der Waals surface area (Å²) in [7, 11) is -3.75. The molecule has 0 spiro atoms. The van der Waals surface area contributed by atoms with E-state index in [9.17, 15) is 9.59 Å². The Labute approximate surface area is 268 Å². The summed E-state index contributed by atoms with van der Waals surface area (Å²) in [5.74, 6) is 0. The molecule has 2 N–H and O–H groups in total. The molecule has 2 rings (SSSR count). The number of rotatable bonds is 28. The first kappa shape index (κ1) is 37.8. The highest BCUT2D eigenvalue weighted by Crippen LogP contribution is 2.16. The van der Waals surface area contributed by atoms with Crippen LogP contribution < -0.4 is 10.4 Å². The molecule has 3 heteroatoms. The van der Waals surface area contributed by atoms with Crippen LogP contribution in [0.5, 0.6) is 0 Å². The van der Waals surface area contributed by atoms with Gasteiger partial charge in [0.1, 0.15) is 0 Å². The maximum Gasteiger partial charge on any atom is 0.402 e. The standard InChI is InChI=1S/C40H68O2Si/c1-3-5-7-9-11-13-15-17-19-21-23-25-31-37-33-27-29-35-39(37)43(41,42)40-36-30-28-34-38(40)32-26-24-22-20-18-16-14-12-10-8-6-4-2/h27-30,33-36,41-42H,3-26,31-32H2,1-2H3. The summed E-state index contributed by atoms with van der Waals surface area (Å²) < 4.78 is 0. The van der Waals surface area contributed by atoms with Crippen molar-refractivity contribution in [3.63, 3.8) is 0 Å². The first-order chi connectivity index (χ1) is 21.1. The highest BCUT2D eigenvalue weighted by molar-refractivity contribution is 6.91. The van der Waals surface area contributed by atoms with Crippen LogP contribution >= 0.6 is 0 Å². The largest absolute Gasteiger partial charge is 0.404 e. The number of hydrogen-bond acceptors (Lipinski definition) is 2. The fraction of sp³-hybridized carbons (Fsp3) is 0.700. The van der Waals surface area contributed by atoms with Crippen molar-refractivity contribution in [1.29, 1.82) is 0 Å². The quantitative estimate of drug-likeness (QED) is 0.0745. The lowest BCUT2D eigenvalue weighted by atomic mass is 10.0. The van der Waals surface area contributed by atoms with Gasteiger partial charge in [0, 0.05) is 10.4 Å². The number of unbranched alkanes of at least 4 members (excludes halogenated alkanes) is 22. The van der Waals surface area contributed by atoms with Gasteiger partial charge in [0.2, 0.25) is 0 Å². The minimum Gasteiger partial charge on any atom is -0.404 e. The van der Waals surface area contributed by atoms with E-state index in [2.05, 4.69) is 38.1 Å². The lowest BCUT2D eigenvalue weighted by Gasteiger charge is -2.24. The molecule has 0 fully saturated rings. The highest BCUT2D eigenvalue weighted by Gasteiger charge is 2.38. The van der Waals surface area contributed by atoms with E-state index in [0.717, 1.165) is 47.2 Å². The number of aryl methyl sites for hydroxylation is 2. The molecule has 0 radical (unpaired) electrons. The fourth-order valence-electron chi connectivity index (χ4n) is 6.61. The molecule has 0 amide bonds. The van der Waals surface area contributed by atoms with Crippen LogP contribution in [0.1, 0.15) is 179 Å². The normalized spacial score (nSPS) is 11.8. The van der Waals surface area contributed by atoms with Crippen molar-refractivity contribution < 1.29 is 9.59 Å². The molecule has 0 atom stereocenters. The van der Waals surface area contributed by atoms with Crippen molar-refractivity contribution >= 4 is 18.9 Å². The molecule has 0 saturated heterocycles. The Kier molecular flexibility index (Phi) is 21.8. The molecule has 43 heavy (non-hydrogen) atoms. The Bertz CT molecular complexity index is 851. The predicted molar refractivity (Wildman–Crippen MR) is 192 cm³/mol. The fourth-order valence-corrected chi connectivity index (χ4v) is 8.87. The third-order valence-electron chi connectivity index (χ3n) is 9.39. The van der Waals surface area contributed by atoms with Crippen LogP contribution in [0.3, 0.4) is 0 Å². The molecule has 0 aliphatic rings. The van der Waals surface area contributed by atoms with Gasteiger partial charge in [0.15, 0.2) is 0 Å². The molecule has 0 aromatic heterocycles. The molecule has 0 aliphatic heterocycles. The van der Waals surface area contributed by atoms with Crippen molar-refractivity contribution in [2.45, 2.75) is 181 Å². The molecule has 0 unspecified atom stereocenters. The molecule has 0 saturated carbocycles. The smallest absolute Gasteiger partial charge is 0.402 e. The van der Waals surface area contributed by atoms with Gasteiger partial charge < -0.3 is 9.59 Å². The van der Waals surface area contributed by atoms with Crippen LogP contribution in [0, 0.1) is 0 Å². The van der Waals surface area contributed by atoms with Gasteiger partial charge in [-0.2, -0.15) is 0 Å². The Morgan fingerprint density at radius 1 is 0.372 bits per heavy atom. The van der Waals surface area contributed by atoms with Crippen LogP contribution in [0.4, 0.5) is 0 Å². The number of benzene rings is 2. The molecule has 2 nitrogen and oxygen atoms in total. The summed E-state index contributed by atoms with van der Waals surface area (Å²) in [6.07, 6.45) is 34.1. The van der Waals surface area contributed by atoms with Gasteiger partial charge in [0.25, 0.3) is 0 Å². The second-order valence-corrected chi connectivity index (χ2v) is 15.7. The Morgan fingerprint density at radius 3 is 0.930 bits per heavy atom. The van der Waals surface area contributed by atoms with Gasteiger partial charge >= 0.3 is 8.56 Å². The van der Waals surface area contributed by atoms with Gasteiger partial charge in [0.05, 0.1) is 0 Å². The summed E-state index contributed by atoms with van der Waals surface area (Å²) in [6.45, 7) is 4.57. The number of hydrogen-bond donors (Lipinski definition) is 2. The summed E-state index contributed by atoms with van der Waals surface area (Å²) in [5.41, 5.74) is 2.26. The van der Waals surface area contributed by atoms with Gasteiger partial charge in [-0.05, 0) is 36.8 Å². The first-order valence-electron chi connectivity index (χ1n) is 18.7. The highest BCUT2D eigenvalue weighted by atomic mass is 28.4. The second kappa shape index (κ2) is 24.8. The molecular formula is C40H68O2Si. The zero-order valence-corrected chi connectivity index (χ0v) is 29.4. The van der Waals surface area contributed by atoms with Crippen LogP contribution in [0.25, 0.3) is 0 Å². The Morgan fingerprint density at radius 2 is 0.628 bits per heavy atom. The SMILES string of the molecule is CCCCCCCCCCCCCCc1ccccc1[Si](O)(O)c1ccccc1CCCCCCCCCCCCCC. The van der Waals surface area contributed by atoms with Gasteiger partial charge in [-0.1, -0.05) is 204 Å². The third-order valence-corrected chi connectivity index (χ3v) is 11.9. The van der Waals surface area contributed by atoms with Gasteiger partial charge in [-0.3, -0.25) is 0 Å². The molecule has 0 heterocycles. The van der Waals surface area contributed by atoms with Crippen LogP contribution in [-0.2, 0) is 12.8 Å². The van der Waals surface area contributed by atoms with E-state index < -0.39 is 8.56 Å². The molecule has 2 aromatic rings. The van der Waals surface area contributed by atoms with Crippen LogP contribution in [-0.4, -0.2) is 18.2 Å². The van der Waals surface area contributed by atoms with E-state index in [-0.39, 0.29) is 0 Å². The zero-order chi connectivity index (χ0) is 30.9. The maximum atomic E-state index is 11.7. The summed E-state index contributed by atoms with van der Waals surface area (Å²) in [5, 5.41) is 1.58. The van der Waals surface area contributed by atoms with E-state index in [1.165, 1.54) is 141 Å².